The van der Waals surface area contributed by atoms with Crippen LogP contribution in [0.15, 0.2) is 72.1 Å². The van der Waals surface area contributed by atoms with Crippen LogP contribution in [0.3, 0.4) is 0 Å². The van der Waals surface area contributed by atoms with Crippen molar-refractivity contribution in [2.24, 2.45) is 0 Å². The molecule has 1 aliphatic heterocycles. The molecule has 1 aliphatic rings. The molecule has 152 valence electrons. The largest absolute Gasteiger partial charge is 0.462 e. The Morgan fingerprint density at radius 1 is 1.07 bits per heavy atom. The summed E-state index contributed by atoms with van der Waals surface area (Å²) in [5.41, 5.74) is 1.83. The van der Waals surface area contributed by atoms with Crippen LogP contribution in [0.4, 0.5) is 0 Å². The topological polar surface area (TPSA) is 64.6 Å². The molecule has 0 radical (unpaired) electrons. The van der Waals surface area contributed by atoms with Gasteiger partial charge in [-0.15, -0.1) is 0 Å². The first kappa shape index (κ1) is 20.0. The zero-order valence-electron chi connectivity index (χ0n) is 16.6. The first-order valence-electron chi connectivity index (χ1n) is 9.64. The lowest BCUT2D eigenvalue weighted by Crippen LogP contribution is -2.33. The fourth-order valence-electron chi connectivity index (χ4n) is 3.76. The van der Waals surface area contributed by atoms with Gasteiger partial charge in [0.25, 0.3) is 0 Å². The highest BCUT2D eigenvalue weighted by Crippen LogP contribution is 2.48. The number of amides is 1. The fraction of sp³-hybridized carbons (Fsp3) is 0.167. The zero-order chi connectivity index (χ0) is 21.3. The van der Waals surface area contributed by atoms with Crippen LogP contribution in [0.5, 0.6) is 5.75 Å². The van der Waals surface area contributed by atoms with E-state index in [4.69, 9.17) is 21.1 Å². The number of esters is 1. The smallest absolute Gasteiger partial charge is 0.340 e. The van der Waals surface area contributed by atoms with E-state index in [0.29, 0.717) is 10.8 Å². The number of fused-ring (bicyclic) bond motifs is 3. The van der Waals surface area contributed by atoms with E-state index in [1.54, 1.807) is 6.92 Å². The van der Waals surface area contributed by atoms with E-state index in [0.717, 1.165) is 21.9 Å². The third-order valence-electron chi connectivity index (χ3n) is 4.94. The highest BCUT2D eigenvalue weighted by atomic mass is 35.5. The Bertz CT molecular complexity index is 1170. The Morgan fingerprint density at radius 3 is 2.40 bits per heavy atom. The van der Waals surface area contributed by atoms with Gasteiger partial charge in [-0.1, -0.05) is 66.2 Å². The number of ether oxygens (including phenoxy) is 2. The number of hydrogen-bond acceptors (Lipinski definition) is 4. The van der Waals surface area contributed by atoms with Gasteiger partial charge >= 0.3 is 5.97 Å². The lowest BCUT2D eigenvalue weighted by molar-refractivity contribution is -0.139. The van der Waals surface area contributed by atoms with Crippen LogP contribution in [0.1, 0.15) is 30.9 Å². The number of halogens is 1. The summed E-state index contributed by atoms with van der Waals surface area (Å²) in [6, 6.07) is 19.0. The van der Waals surface area contributed by atoms with E-state index in [2.05, 4.69) is 5.32 Å². The van der Waals surface area contributed by atoms with E-state index >= 15 is 0 Å². The molecule has 5 nitrogen and oxygen atoms in total. The molecule has 3 aromatic carbocycles. The lowest BCUT2D eigenvalue weighted by atomic mass is 9.82. The molecule has 0 fully saturated rings. The van der Waals surface area contributed by atoms with Gasteiger partial charge in [-0.3, -0.25) is 10.1 Å². The molecular formula is C24H20ClNO4. The minimum Gasteiger partial charge on any atom is -0.462 e. The standard InChI is InChI=1S/C24H20ClNO4/c1-3-29-24(28)21-20(15-9-5-4-6-10-15)18-13-19(25)16-11-7-8-12-17(16)22(18)30-23(21)26-14(2)27/h4-13,20H,3H2,1-2H3,(H,26,27). The molecule has 1 unspecified atom stereocenters. The maximum Gasteiger partial charge on any atom is 0.340 e. The SMILES string of the molecule is CCOC(=O)C1=C(NC(C)=O)Oc2c(cc(Cl)c3ccccc23)C1c1ccccc1. The number of hydrogen-bond donors (Lipinski definition) is 1. The highest BCUT2D eigenvalue weighted by molar-refractivity contribution is 6.36. The Morgan fingerprint density at radius 2 is 1.73 bits per heavy atom. The second kappa shape index (κ2) is 8.20. The Labute approximate surface area is 179 Å². The molecule has 30 heavy (non-hydrogen) atoms. The van der Waals surface area contributed by atoms with Gasteiger partial charge in [-0.05, 0) is 18.6 Å². The number of carbonyl (C=O) groups is 2. The van der Waals surface area contributed by atoms with Crippen molar-refractivity contribution in [3.63, 3.8) is 0 Å². The predicted octanol–water partition coefficient (Wildman–Crippen LogP) is 4.93. The normalized spacial score (nSPS) is 15.4. The number of carbonyl (C=O) groups excluding carboxylic acids is 2. The van der Waals surface area contributed by atoms with E-state index in [-0.39, 0.29) is 24.0 Å². The Kier molecular flexibility index (Phi) is 5.46. The summed E-state index contributed by atoms with van der Waals surface area (Å²) < 4.78 is 11.4. The summed E-state index contributed by atoms with van der Waals surface area (Å²) in [6.07, 6.45) is 0. The highest BCUT2D eigenvalue weighted by Gasteiger charge is 2.38. The molecule has 0 bridgehead atoms. The summed E-state index contributed by atoms with van der Waals surface area (Å²) in [6.45, 7) is 3.30. The van der Waals surface area contributed by atoms with Crippen molar-refractivity contribution in [3.8, 4) is 5.75 Å². The summed E-state index contributed by atoms with van der Waals surface area (Å²) in [7, 11) is 0. The fourth-order valence-corrected chi connectivity index (χ4v) is 4.04. The van der Waals surface area contributed by atoms with E-state index in [1.807, 2.05) is 60.7 Å². The van der Waals surface area contributed by atoms with Crippen molar-refractivity contribution in [3.05, 3.63) is 88.3 Å². The van der Waals surface area contributed by atoms with Gasteiger partial charge in [-0.25, -0.2) is 4.79 Å². The van der Waals surface area contributed by atoms with Crippen LogP contribution in [0, 0.1) is 0 Å². The predicted molar refractivity (Wildman–Crippen MR) is 115 cm³/mol. The van der Waals surface area contributed by atoms with Gasteiger partial charge in [-0.2, -0.15) is 0 Å². The molecule has 0 saturated heterocycles. The molecule has 0 aromatic heterocycles. The number of nitrogens with one attached hydrogen (secondary N) is 1. The van der Waals surface area contributed by atoms with Gasteiger partial charge in [0.2, 0.25) is 11.8 Å². The molecule has 1 atom stereocenters. The van der Waals surface area contributed by atoms with Crippen LogP contribution in [0.25, 0.3) is 10.8 Å². The van der Waals surface area contributed by atoms with E-state index in [1.165, 1.54) is 6.92 Å². The summed E-state index contributed by atoms with van der Waals surface area (Å²) >= 11 is 6.60. The molecule has 1 heterocycles. The minimum atomic E-state index is -0.551. The molecule has 1 amide bonds. The van der Waals surface area contributed by atoms with Gasteiger partial charge in [0.1, 0.15) is 11.3 Å². The quantitative estimate of drug-likeness (QED) is 0.607. The molecule has 1 N–H and O–H groups in total. The number of rotatable bonds is 4. The van der Waals surface area contributed by atoms with Crippen LogP contribution >= 0.6 is 11.6 Å². The van der Waals surface area contributed by atoms with Crippen molar-refractivity contribution >= 4 is 34.2 Å². The Balaban J connectivity index is 2.04. The van der Waals surface area contributed by atoms with Crippen molar-refractivity contribution in [2.75, 3.05) is 6.61 Å². The Hall–Kier alpha value is -3.31. The molecule has 0 saturated carbocycles. The van der Waals surface area contributed by atoms with Gasteiger partial charge in [0.05, 0.1) is 12.5 Å². The van der Waals surface area contributed by atoms with Crippen LogP contribution in [0.2, 0.25) is 5.02 Å². The van der Waals surface area contributed by atoms with Crippen molar-refractivity contribution in [1.29, 1.82) is 0 Å². The van der Waals surface area contributed by atoms with Crippen LogP contribution in [-0.2, 0) is 14.3 Å². The molecule has 4 rings (SSSR count). The second-order valence-corrected chi connectivity index (χ2v) is 7.32. The van der Waals surface area contributed by atoms with E-state index in [9.17, 15) is 9.59 Å². The minimum absolute atomic E-state index is 0.0785. The van der Waals surface area contributed by atoms with E-state index < -0.39 is 11.9 Å². The van der Waals surface area contributed by atoms with Crippen LogP contribution < -0.4 is 10.1 Å². The maximum atomic E-state index is 13.0. The molecule has 3 aromatic rings. The molecule has 0 spiro atoms. The first-order valence-corrected chi connectivity index (χ1v) is 10.0. The zero-order valence-corrected chi connectivity index (χ0v) is 17.3. The first-order chi connectivity index (χ1) is 14.5. The third-order valence-corrected chi connectivity index (χ3v) is 5.25. The van der Waals surface area contributed by atoms with Gasteiger partial charge in [0, 0.05) is 28.3 Å². The van der Waals surface area contributed by atoms with Gasteiger partial charge < -0.3 is 9.47 Å². The van der Waals surface area contributed by atoms with Crippen molar-refractivity contribution in [1.82, 2.24) is 5.32 Å². The van der Waals surface area contributed by atoms with Gasteiger partial charge in [0.15, 0.2) is 0 Å². The molecule has 6 heteroatoms. The summed E-state index contributed by atoms with van der Waals surface area (Å²) in [4.78, 5) is 24.9. The summed E-state index contributed by atoms with van der Waals surface area (Å²) in [5.74, 6) is -0.779. The molecular weight excluding hydrogens is 402 g/mol. The average Bonchev–Trinajstić information content (AvgIpc) is 2.74. The maximum absolute atomic E-state index is 13.0. The lowest BCUT2D eigenvalue weighted by Gasteiger charge is -2.31. The second-order valence-electron chi connectivity index (χ2n) is 6.91. The monoisotopic (exact) mass is 421 g/mol. The number of benzene rings is 3. The average molecular weight is 422 g/mol. The van der Waals surface area contributed by atoms with Crippen molar-refractivity contribution < 1.29 is 19.1 Å². The van der Waals surface area contributed by atoms with Crippen LogP contribution in [-0.4, -0.2) is 18.5 Å². The molecule has 0 aliphatic carbocycles. The van der Waals surface area contributed by atoms with Crippen molar-refractivity contribution in [2.45, 2.75) is 19.8 Å². The summed E-state index contributed by atoms with van der Waals surface area (Å²) in [5, 5.41) is 4.85. The third kappa shape index (κ3) is 3.53.